The monoisotopic (exact) mass is 219 g/mol. The normalized spacial score (nSPS) is 11.1. The van der Waals surface area contributed by atoms with E-state index in [2.05, 4.69) is 45.8 Å². The van der Waals surface area contributed by atoms with Crippen molar-refractivity contribution in [3.05, 3.63) is 28.6 Å². The highest BCUT2D eigenvalue weighted by Gasteiger charge is 2.14. The van der Waals surface area contributed by atoms with E-state index in [1.54, 1.807) is 0 Å². The summed E-state index contributed by atoms with van der Waals surface area (Å²) in [5, 5.41) is 0. The first kappa shape index (κ1) is 13.2. The zero-order chi connectivity index (χ0) is 12.1. The van der Waals surface area contributed by atoms with Gasteiger partial charge in [0.15, 0.2) is 0 Å². The van der Waals surface area contributed by atoms with Gasteiger partial charge >= 0.3 is 0 Å². The zero-order valence-corrected chi connectivity index (χ0v) is 11.4. The van der Waals surface area contributed by atoms with Crippen LogP contribution in [0.3, 0.4) is 0 Å². The molecule has 0 aromatic carbocycles. The fraction of sp³-hybridized carbons (Fsp3) is 0.667. The largest absolute Gasteiger partial charge is 0.261 e. The van der Waals surface area contributed by atoms with E-state index in [4.69, 9.17) is 0 Å². The second-order valence-electron chi connectivity index (χ2n) is 4.82. The first-order chi connectivity index (χ1) is 7.61. The standard InChI is InChI=1S/C15H25N/c1-6-8-14(9-7-2)15-10-16-13(5)11(3)12(15)4/h10,14H,6-9H2,1-5H3. The summed E-state index contributed by atoms with van der Waals surface area (Å²) < 4.78 is 0. The Bertz CT molecular complexity index is 336. The zero-order valence-electron chi connectivity index (χ0n) is 11.4. The summed E-state index contributed by atoms with van der Waals surface area (Å²) in [4.78, 5) is 4.52. The molecule has 16 heavy (non-hydrogen) atoms. The Labute approximate surface area is 100 Å². The van der Waals surface area contributed by atoms with E-state index in [0.717, 1.165) is 0 Å². The second kappa shape index (κ2) is 6.03. The van der Waals surface area contributed by atoms with Gasteiger partial charge in [-0.25, -0.2) is 0 Å². The van der Waals surface area contributed by atoms with Crippen molar-refractivity contribution >= 4 is 0 Å². The minimum atomic E-state index is 0.710. The molecule has 1 nitrogen and oxygen atoms in total. The maximum absolute atomic E-state index is 4.52. The number of hydrogen-bond acceptors (Lipinski definition) is 1. The maximum atomic E-state index is 4.52. The van der Waals surface area contributed by atoms with Crippen LogP contribution in [0.5, 0.6) is 0 Å². The van der Waals surface area contributed by atoms with Gasteiger partial charge in [0, 0.05) is 11.9 Å². The highest BCUT2D eigenvalue weighted by Crippen LogP contribution is 2.30. The number of aryl methyl sites for hydroxylation is 1. The molecule has 1 heteroatoms. The average Bonchev–Trinajstić information content (AvgIpc) is 2.26. The quantitative estimate of drug-likeness (QED) is 0.700. The van der Waals surface area contributed by atoms with Crippen LogP contribution in [0.4, 0.5) is 0 Å². The van der Waals surface area contributed by atoms with Crippen LogP contribution in [0.2, 0.25) is 0 Å². The molecule has 1 rings (SSSR count). The van der Waals surface area contributed by atoms with Crippen molar-refractivity contribution < 1.29 is 0 Å². The third kappa shape index (κ3) is 2.84. The Morgan fingerprint density at radius 1 is 1.00 bits per heavy atom. The van der Waals surface area contributed by atoms with Crippen LogP contribution in [-0.4, -0.2) is 4.98 Å². The summed E-state index contributed by atoms with van der Waals surface area (Å²) in [5.74, 6) is 0.710. The van der Waals surface area contributed by atoms with Gasteiger partial charge < -0.3 is 0 Å². The lowest BCUT2D eigenvalue weighted by atomic mass is 9.87. The number of aromatic nitrogens is 1. The molecule has 0 amide bonds. The molecule has 1 heterocycles. The fourth-order valence-corrected chi connectivity index (χ4v) is 2.41. The summed E-state index contributed by atoms with van der Waals surface area (Å²) in [5.41, 5.74) is 5.48. The summed E-state index contributed by atoms with van der Waals surface area (Å²) in [6.45, 7) is 11.1. The van der Waals surface area contributed by atoms with Crippen LogP contribution >= 0.6 is 0 Å². The summed E-state index contributed by atoms with van der Waals surface area (Å²) in [6, 6.07) is 0. The second-order valence-corrected chi connectivity index (χ2v) is 4.82. The van der Waals surface area contributed by atoms with E-state index < -0.39 is 0 Å². The lowest BCUT2D eigenvalue weighted by Crippen LogP contribution is -2.04. The number of rotatable bonds is 5. The van der Waals surface area contributed by atoms with E-state index >= 15 is 0 Å². The summed E-state index contributed by atoms with van der Waals surface area (Å²) in [6.07, 6.45) is 7.21. The van der Waals surface area contributed by atoms with Crippen molar-refractivity contribution in [1.82, 2.24) is 4.98 Å². The molecule has 0 aliphatic heterocycles. The highest BCUT2D eigenvalue weighted by molar-refractivity contribution is 5.36. The van der Waals surface area contributed by atoms with Gasteiger partial charge in [-0.1, -0.05) is 26.7 Å². The highest BCUT2D eigenvalue weighted by atomic mass is 14.7. The molecule has 0 unspecified atom stereocenters. The van der Waals surface area contributed by atoms with Crippen LogP contribution in [0, 0.1) is 20.8 Å². The van der Waals surface area contributed by atoms with Crippen LogP contribution in [0.25, 0.3) is 0 Å². The molecular weight excluding hydrogens is 194 g/mol. The topological polar surface area (TPSA) is 12.9 Å². The fourth-order valence-electron chi connectivity index (χ4n) is 2.41. The molecular formula is C15H25N. The minimum Gasteiger partial charge on any atom is -0.261 e. The third-order valence-electron chi connectivity index (χ3n) is 3.65. The molecule has 0 spiro atoms. The van der Waals surface area contributed by atoms with Crippen LogP contribution < -0.4 is 0 Å². The van der Waals surface area contributed by atoms with Gasteiger partial charge in [-0.05, 0) is 56.2 Å². The summed E-state index contributed by atoms with van der Waals surface area (Å²) in [7, 11) is 0. The molecule has 1 aromatic heterocycles. The lowest BCUT2D eigenvalue weighted by Gasteiger charge is -2.19. The van der Waals surface area contributed by atoms with E-state index in [9.17, 15) is 0 Å². The van der Waals surface area contributed by atoms with E-state index in [1.807, 2.05) is 0 Å². The molecule has 0 bridgehead atoms. The Kier molecular flexibility index (Phi) is 4.98. The lowest BCUT2D eigenvalue weighted by molar-refractivity contribution is 0.556. The van der Waals surface area contributed by atoms with Gasteiger partial charge in [-0.3, -0.25) is 4.98 Å². The molecule has 0 N–H and O–H groups in total. The Morgan fingerprint density at radius 3 is 2.06 bits per heavy atom. The van der Waals surface area contributed by atoms with E-state index in [1.165, 1.54) is 48.1 Å². The average molecular weight is 219 g/mol. The van der Waals surface area contributed by atoms with Gasteiger partial charge in [-0.2, -0.15) is 0 Å². The molecule has 1 aromatic rings. The van der Waals surface area contributed by atoms with Crippen molar-refractivity contribution in [2.45, 2.75) is 66.2 Å². The predicted octanol–water partition coefficient (Wildman–Crippen LogP) is 4.69. The first-order valence-corrected chi connectivity index (χ1v) is 6.54. The predicted molar refractivity (Wildman–Crippen MR) is 71.0 cm³/mol. The number of pyridine rings is 1. The molecule has 90 valence electrons. The van der Waals surface area contributed by atoms with E-state index in [0.29, 0.717) is 5.92 Å². The van der Waals surface area contributed by atoms with E-state index in [-0.39, 0.29) is 0 Å². The Morgan fingerprint density at radius 2 is 1.56 bits per heavy atom. The van der Waals surface area contributed by atoms with Crippen LogP contribution in [0.15, 0.2) is 6.20 Å². The van der Waals surface area contributed by atoms with Gasteiger partial charge in [-0.15, -0.1) is 0 Å². The van der Waals surface area contributed by atoms with Gasteiger partial charge in [0.1, 0.15) is 0 Å². The smallest absolute Gasteiger partial charge is 0.0404 e. The maximum Gasteiger partial charge on any atom is 0.0404 e. The molecule has 0 aliphatic rings. The van der Waals surface area contributed by atoms with Crippen molar-refractivity contribution in [1.29, 1.82) is 0 Å². The molecule has 0 atom stereocenters. The number of hydrogen-bond donors (Lipinski definition) is 0. The SMILES string of the molecule is CCCC(CCC)c1cnc(C)c(C)c1C. The van der Waals surface area contributed by atoms with Crippen LogP contribution in [0.1, 0.15) is 67.8 Å². The van der Waals surface area contributed by atoms with Gasteiger partial charge in [0.25, 0.3) is 0 Å². The molecule has 0 saturated heterocycles. The van der Waals surface area contributed by atoms with Crippen LogP contribution in [-0.2, 0) is 0 Å². The third-order valence-corrected chi connectivity index (χ3v) is 3.65. The number of nitrogens with zero attached hydrogens (tertiary/aromatic N) is 1. The molecule has 0 radical (unpaired) electrons. The molecule has 0 fully saturated rings. The van der Waals surface area contributed by atoms with Crippen molar-refractivity contribution in [3.63, 3.8) is 0 Å². The van der Waals surface area contributed by atoms with Crippen molar-refractivity contribution in [2.75, 3.05) is 0 Å². The molecule has 0 saturated carbocycles. The minimum absolute atomic E-state index is 0.710. The van der Waals surface area contributed by atoms with Crippen molar-refractivity contribution in [2.24, 2.45) is 0 Å². The van der Waals surface area contributed by atoms with Gasteiger partial charge in [0.05, 0.1) is 0 Å². The van der Waals surface area contributed by atoms with Crippen molar-refractivity contribution in [3.8, 4) is 0 Å². The Balaban J connectivity index is 3.04. The Hall–Kier alpha value is -0.850. The van der Waals surface area contributed by atoms with Gasteiger partial charge in [0.2, 0.25) is 0 Å². The molecule has 0 aliphatic carbocycles. The summed E-state index contributed by atoms with van der Waals surface area (Å²) >= 11 is 0. The first-order valence-electron chi connectivity index (χ1n) is 6.54.